The van der Waals surface area contributed by atoms with Gasteiger partial charge in [0.25, 0.3) is 0 Å². The molecule has 0 amide bonds. The Labute approximate surface area is 373 Å². The molecule has 1 heterocycles. The Morgan fingerprint density at radius 1 is 0.286 bits per heavy atom. The van der Waals surface area contributed by atoms with Crippen LogP contribution in [0.15, 0.2) is 170 Å². The van der Waals surface area contributed by atoms with Crippen molar-refractivity contribution in [3.63, 3.8) is 0 Å². The van der Waals surface area contributed by atoms with Gasteiger partial charge in [0.1, 0.15) is 0 Å². The SMILES string of the molecule is Cc1cc(C)c(-c2c3c(c(-c4c(C)cc(C)cc4C)c4ccccc24)-c2ccc(-c4cc(-c5ccccc5)cc5c4sc4ccc(-c6ccccc6)cc45)c4cccc-3c24)c(C)c1. The molecular weight excluding hydrogens is 777 g/mol. The lowest BCUT2D eigenvalue weighted by Gasteiger charge is -2.24. The minimum atomic E-state index is 1.23. The van der Waals surface area contributed by atoms with Gasteiger partial charge < -0.3 is 0 Å². The summed E-state index contributed by atoms with van der Waals surface area (Å²) in [6.07, 6.45) is 0. The summed E-state index contributed by atoms with van der Waals surface area (Å²) >= 11 is 1.92. The largest absolute Gasteiger partial charge is 0.135 e. The van der Waals surface area contributed by atoms with Crippen LogP contribution in [0.4, 0.5) is 0 Å². The third-order valence-corrected chi connectivity index (χ3v) is 14.9. The Morgan fingerprint density at radius 2 is 0.778 bits per heavy atom. The Balaban J connectivity index is 1.20. The molecule has 1 heteroatoms. The van der Waals surface area contributed by atoms with Crippen LogP contribution >= 0.6 is 11.3 Å². The molecular formula is C62H46S. The molecule has 0 atom stereocenters. The van der Waals surface area contributed by atoms with Crippen molar-refractivity contribution in [3.05, 3.63) is 203 Å². The third kappa shape index (κ3) is 5.73. The highest BCUT2D eigenvalue weighted by molar-refractivity contribution is 7.26. The average molecular weight is 823 g/mol. The van der Waals surface area contributed by atoms with E-state index in [0.29, 0.717) is 0 Å². The molecule has 1 aliphatic carbocycles. The van der Waals surface area contributed by atoms with E-state index in [0.717, 1.165) is 0 Å². The molecule has 300 valence electrons. The van der Waals surface area contributed by atoms with Gasteiger partial charge in [0.05, 0.1) is 0 Å². The van der Waals surface area contributed by atoms with E-state index in [1.807, 2.05) is 11.3 Å². The normalized spacial score (nSPS) is 12.0. The summed E-state index contributed by atoms with van der Waals surface area (Å²) in [6, 6.07) is 64.3. The molecule has 0 fully saturated rings. The fourth-order valence-electron chi connectivity index (χ4n) is 11.4. The van der Waals surface area contributed by atoms with Crippen molar-refractivity contribution in [1.29, 1.82) is 0 Å². The summed E-state index contributed by atoms with van der Waals surface area (Å²) in [5.74, 6) is 0. The van der Waals surface area contributed by atoms with E-state index in [4.69, 9.17) is 0 Å². The van der Waals surface area contributed by atoms with Gasteiger partial charge in [-0.15, -0.1) is 11.3 Å². The minimum Gasteiger partial charge on any atom is -0.135 e. The van der Waals surface area contributed by atoms with Gasteiger partial charge >= 0.3 is 0 Å². The summed E-state index contributed by atoms with van der Waals surface area (Å²) in [5.41, 5.74) is 26.1. The smallest absolute Gasteiger partial charge is 0.0434 e. The van der Waals surface area contributed by atoms with Crippen LogP contribution < -0.4 is 0 Å². The minimum absolute atomic E-state index is 1.23. The van der Waals surface area contributed by atoms with Crippen molar-refractivity contribution in [1.82, 2.24) is 0 Å². The fraction of sp³-hybridized carbons (Fsp3) is 0.0968. The predicted molar refractivity (Wildman–Crippen MR) is 274 cm³/mol. The van der Waals surface area contributed by atoms with Gasteiger partial charge in [-0.05, 0) is 182 Å². The third-order valence-electron chi connectivity index (χ3n) is 13.7. The molecule has 1 aromatic heterocycles. The number of benzene rings is 10. The number of aryl methyl sites for hydroxylation is 6. The van der Waals surface area contributed by atoms with Crippen molar-refractivity contribution < 1.29 is 0 Å². The van der Waals surface area contributed by atoms with E-state index in [1.165, 1.54) is 153 Å². The summed E-state index contributed by atoms with van der Waals surface area (Å²) in [4.78, 5) is 0. The quantitative estimate of drug-likeness (QED) is 0.162. The van der Waals surface area contributed by atoms with Crippen molar-refractivity contribution in [3.8, 4) is 77.9 Å². The first kappa shape index (κ1) is 37.7. The molecule has 0 radical (unpaired) electrons. The number of thiophene rings is 1. The number of fused-ring (bicyclic) bond motifs is 7. The van der Waals surface area contributed by atoms with Crippen molar-refractivity contribution in [2.75, 3.05) is 0 Å². The van der Waals surface area contributed by atoms with E-state index in [9.17, 15) is 0 Å². The average Bonchev–Trinajstić information content (AvgIpc) is 3.83. The van der Waals surface area contributed by atoms with E-state index < -0.39 is 0 Å². The molecule has 0 saturated carbocycles. The molecule has 0 nitrogen and oxygen atoms in total. The Morgan fingerprint density at radius 3 is 1.37 bits per heavy atom. The van der Waals surface area contributed by atoms with Crippen LogP contribution in [-0.2, 0) is 0 Å². The highest BCUT2D eigenvalue weighted by Crippen LogP contribution is 2.60. The van der Waals surface area contributed by atoms with Crippen LogP contribution in [0.1, 0.15) is 33.4 Å². The van der Waals surface area contributed by atoms with Gasteiger partial charge in [-0.2, -0.15) is 0 Å². The molecule has 63 heavy (non-hydrogen) atoms. The van der Waals surface area contributed by atoms with Gasteiger partial charge in [-0.3, -0.25) is 0 Å². The molecule has 0 aliphatic heterocycles. The van der Waals surface area contributed by atoms with E-state index in [-0.39, 0.29) is 0 Å². The van der Waals surface area contributed by atoms with Crippen LogP contribution in [0.25, 0.3) is 120 Å². The van der Waals surface area contributed by atoms with Crippen LogP contribution in [0, 0.1) is 41.5 Å². The van der Waals surface area contributed by atoms with Crippen LogP contribution in [0.2, 0.25) is 0 Å². The van der Waals surface area contributed by atoms with Crippen molar-refractivity contribution >= 4 is 53.1 Å². The number of rotatable bonds is 5. The lowest BCUT2D eigenvalue weighted by molar-refractivity contribution is 1.32. The van der Waals surface area contributed by atoms with Crippen LogP contribution in [0.3, 0.4) is 0 Å². The zero-order valence-electron chi connectivity index (χ0n) is 36.6. The molecule has 0 N–H and O–H groups in total. The van der Waals surface area contributed by atoms with Crippen molar-refractivity contribution in [2.45, 2.75) is 41.5 Å². The monoisotopic (exact) mass is 822 g/mol. The van der Waals surface area contributed by atoms with Gasteiger partial charge in [0.15, 0.2) is 0 Å². The van der Waals surface area contributed by atoms with Gasteiger partial charge in [-0.1, -0.05) is 157 Å². The maximum absolute atomic E-state index is 2.46. The van der Waals surface area contributed by atoms with E-state index in [2.05, 4.69) is 211 Å². The Hall–Kier alpha value is -7.06. The predicted octanol–water partition coefficient (Wildman–Crippen LogP) is 18.2. The topological polar surface area (TPSA) is 0 Å². The first-order valence-electron chi connectivity index (χ1n) is 22.2. The summed E-state index contributed by atoms with van der Waals surface area (Å²) in [5, 5.41) is 7.87. The second-order valence-electron chi connectivity index (χ2n) is 17.9. The van der Waals surface area contributed by atoms with Gasteiger partial charge in [0, 0.05) is 25.7 Å². The van der Waals surface area contributed by atoms with Gasteiger partial charge in [-0.25, -0.2) is 0 Å². The first-order chi connectivity index (χ1) is 30.7. The molecule has 1 aliphatic rings. The summed E-state index contributed by atoms with van der Waals surface area (Å²) in [7, 11) is 0. The van der Waals surface area contributed by atoms with E-state index in [1.54, 1.807) is 0 Å². The van der Waals surface area contributed by atoms with E-state index >= 15 is 0 Å². The summed E-state index contributed by atoms with van der Waals surface area (Å²) < 4.78 is 2.64. The maximum Gasteiger partial charge on any atom is 0.0434 e. The lowest BCUT2D eigenvalue weighted by Crippen LogP contribution is -1.99. The Bertz CT molecular complexity index is 3560. The zero-order chi connectivity index (χ0) is 42.7. The molecule has 11 aromatic rings. The molecule has 0 unspecified atom stereocenters. The number of hydrogen-bond acceptors (Lipinski definition) is 1. The maximum atomic E-state index is 2.46. The van der Waals surface area contributed by atoms with Crippen molar-refractivity contribution in [2.24, 2.45) is 0 Å². The second-order valence-corrected chi connectivity index (χ2v) is 19.0. The highest BCUT2D eigenvalue weighted by atomic mass is 32.1. The first-order valence-corrected chi connectivity index (χ1v) is 23.0. The molecule has 0 bridgehead atoms. The molecule has 0 saturated heterocycles. The van der Waals surface area contributed by atoms with Crippen LogP contribution in [0.5, 0.6) is 0 Å². The molecule has 12 rings (SSSR count). The summed E-state index contributed by atoms with van der Waals surface area (Å²) in [6.45, 7) is 13.7. The van der Waals surface area contributed by atoms with Crippen LogP contribution in [-0.4, -0.2) is 0 Å². The standard InChI is InChI=1S/C62H46S/c1-35-28-37(3)55(38(4)29-35)58-47-20-13-14-21-48(47)59(56-39(5)30-36(2)31-40(56)6)61-50-26-25-45(46-22-15-23-49(57(46)50)60(58)61)52-33-44(42-18-11-8-12-19-42)34-53-51-32-43(41-16-9-7-10-17-41)24-27-54(51)63-62(52)53/h7-34H,1-6H3. The second kappa shape index (κ2) is 14.2. The van der Waals surface area contributed by atoms with Gasteiger partial charge in [0.2, 0.25) is 0 Å². The number of hydrogen-bond donors (Lipinski definition) is 0. The fourth-order valence-corrected chi connectivity index (χ4v) is 12.6. The lowest BCUT2D eigenvalue weighted by atomic mass is 9.79. The Kier molecular flexibility index (Phi) is 8.52. The highest BCUT2D eigenvalue weighted by Gasteiger charge is 2.33. The molecule has 0 spiro atoms. The molecule has 10 aromatic carbocycles. The zero-order valence-corrected chi connectivity index (χ0v) is 37.4.